The summed E-state index contributed by atoms with van der Waals surface area (Å²) < 4.78 is 5.83. The number of aryl methyl sites for hydroxylation is 1. The smallest absolute Gasteiger partial charge is 0.255 e. The molecule has 0 aliphatic carbocycles. The van der Waals surface area contributed by atoms with Gasteiger partial charge < -0.3 is 25.7 Å². The van der Waals surface area contributed by atoms with E-state index in [9.17, 15) is 14.4 Å². The average molecular weight is 512 g/mol. The van der Waals surface area contributed by atoms with Gasteiger partial charge in [-0.3, -0.25) is 14.4 Å². The van der Waals surface area contributed by atoms with Crippen LogP contribution in [0.15, 0.2) is 36.4 Å². The first-order valence-corrected chi connectivity index (χ1v) is 12.5. The number of H-pyrrole nitrogens is 1. The lowest BCUT2D eigenvalue weighted by Gasteiger charge is -2.19. The van der Waals surface area contributed by atoms with E-state index in [1.54, 1.807) is 12.1 Å². The fraction of sp³-hybridized carbons (Fsp3) is 0.385. The van der Waals surface area contributed by atoms with Crippen molar-refractivity contribution in [3.05, 3.63) is 58.4 Å². The molecule has 0 spiro atoms. The van der Waals surface area contributed by atoms with Gasteiger partial charge in [0.1, 0.15) is 17.6 Å². The highest BCUT2D eigenvalue weighted by Gasteiger charge is 2.24. The van der Waals surface area contributed by atoms with Crippen molar-refractivity contribution in [1.29, 1.82) is 0 Å². The number of hydrogen-bond acceptors (Lipinski definition) is 5. The Hall–Kier alpha value is -3.59. The molecule has 0 saturated carbocycles. The Balaban J connectivity index is 1.50. The van der Waals surface area contributed by atoms with Gasteiger partial charge >= 0.3 is 0 Å². The lowest BCUT2D eigenvalue weighted by molar-refractivity contribution is -0.124. The number of aromatic nitrogens is 2. The largest absolute Gasteiger partial charge is 0.493 e. The fourth-order valence-electron chi connectivity index (χ4n) is 4.04. The molecular formula is C26H30ClN5O4. The van der Waals surface area contributed by atoms with E-state index in [0.29, 0.717) is 29.7 Å². The number of carbonyl (C=O) groups excluding carboxylic acids is 3. The quantitative estimate of drug-likeness (QED) is 0.429. The number of rotatable bonds is 3. The van der Waals surface area contributed by atoms with Gasteiger partial charge in [0.25, 0.3) is 5.91 Å². The predicted octanol–water partition coefficient (Wildman–Crippen LogP) is 3.40. The van der Waals surface area contributed by atoms with Crippen LogP contribution in [-0.4, -0.2) is 46.9 Å². The Labute approximate surface area is 214 Å². The number of hydrogen-bond donors (Lipinski definition) is 4. The number of nitrogens with zero attached hydrogens (tertiary/aromatic N) is 1. The number of aromatic amines is 1. The van der Waals surface area contributed by atoms with E-state index in [4.69, 9.17) is 16.3 Å². The molecule has 1 aliphatic rings. The summed E-state index contributed by atoms with van der Waals surface area (Å²) in [6, 6.07) is 9.75. The van der Waals surface area contributed by atoms with Crippen LogP contribution in [0.25, 0.3) is 11.0 Å². The van der Waals surface area contributed by atoms with Gasteiger partial charge in [-0.2, -0.15) is 0 Å². The van der Waals surface area contributed by atoms with Gasteiger partial charge in [0.15, 0.2) is 0 Å². The number of nitrogens with one attached hydrogen (secondary N) is 4. The zero-order valence-electron chi connectivity index (χ0n) is 20.2. The van der Waals surface area contributed by atoms with Crippen LogP contribution in [-0.2, 0) is 16.1 Å². The number of fused-ring (bicyclic) bond motifs is 2. The van der Waals surface area contributed by atoms with Crippen molar-refractivity contribution in [2.24, 2.45) is 0 Å². The molecule has 1 aliphatic heterocycles. The molecule has 3 amide bonds. The Morgan fingerprint density at radius 2 is 2.03 bits per heavy atom. The second-order valence-electron chi connectivity index (χ2n) is 8.89. The van der Waals surface area contributed by atoms with Crippen LogP contribution in [0.5, 0.6) is 5.75 Å². The van der Waals surface area contributed by atoms with Crippen molar-refractivity contribution < 1.29 is 19.1 Å². The van der Waals surface area contributed by atoms with Crippen molar-refractivity contribution in [3.8, 4) is 5.75 Å². The maximum absolute atomic E-state index is 13.2. The SMILES string of the molecule is Cc1ccc2nc(CNC(=O)[C@@H]3CCC(=O)NCCCCCOc4ccc(Cl)cc4C(=O)N3)[nH]c2c1. The molecule has 4 N–H and O–H groups in total. The van der Waals surface area contributed by atoms with Crippen molar-refractivity contribution in [3.63, 3.8) is 0 Å². The summed E-state index contributed by atoms with van der Waals surface area (Å²) in [6.45, 7) is 3.12. The van der Waals surface area contributed by atoms with Crippen molar-refractivity contribution in [1.82, 2.24) is 25.9 Å². The standard InChI is InChI=1S/C26H30ClN5O4/c1-16-5-7-19-21(13-16)31-23(30-19)15-29-26(35)20-8-10-24(33)28-11-3-2-4-12-36-22-9-6-17(27)14-18(22)25(34)32-20/h5-7,9,13-14,20H,2-4,8,10-12,15H2,1H3,(H,28,33)(H,29,35)(H,30,31)(H,32,34)/t20-/m0/s1. The van der Waals surface area contributed by atoms with E-state index in [1.165, 1.54) is 6.07 Å². The van der Waals surface area contributed by atoms with Gasteiger partial charge in [0, 0.05) is 18.0 Å². The van der Waals surface area contributed by atoms with E-state index in [1.807, 2.05) is 25.1 Å². The molecule has 0 fully saturated rings. The topological polar surface area (TPSA) is 125 Å². The van der Waals surface area contributed by atoms with Crippen molar-refractivity contribution in [2.45, 2.75) is 51.6 Å². The number of halogens is 1. The first-order chi connectivity index (χ1) is 17.4. The highest BCUT2D eigenvalue weighted by molar-refractivity contribution is 6.31. The Kier molecular flexibility index (Phi) is 8.43. The first-order valence-electron chi connectivity index (χ1n) is 12.1. The van der Waals surface area contributed by atoms with E-state index in [0.717, 1.165) is 35.9 Å². The second-order valence-corrected chi connectivity index (χ2v) is 9.32. The number of ether oxygens (including phenoxy) is 1. The van der Waals surface area contributed by atoms with Crippen LogP contribution in [0.2, 0.25) is 5.02 Å². The Morgan fingerprint density at radius 1 is 1.17 bits per heavy atom. The predicted molar refractivity (Wildman–Crippen MR) is 137 cm³/mol. The summed E-state index contributed by atoms with van der Waals surface area (Å²) in [7, 11) is 0. The molecule has 0 bridgehead atoms. The monoisotopic (exact) mass is 511 g/mol. The molecule has 2 aromatic carbocycles. The minimum absolute atomic E-state index is 0.0984. The van der Waals surface area contributed by atoms with Crippen LogP contribution < -0.4 is 20.7 Å². The maximum Gasteiger partial charge on any atom is 0.255 e. The molecule has 1 aromatic heterocycles. The Morgan fingerprint density at radius 3 is 2.89 bits per heavy atom. The molecule has 1 atom stereocenters. The highest BCUT2D eigenvalue weighted by atomic mass is 35.5. The van der Waals surface area contributed by atoms with E-state index < -0.39 is 17.9 Å². The van der Waals surface area contributed by atoms with Gasteiger partial charge in [0.05, 0.1) is 29.7 Å². The molecule has 190 valence electrons. The van der Waals surface area contributed by atoms with Crippen LogP contribution in [0.4, 0.5) is 0 Å². The van der Waals surface area contributed by atoms with Gasteiger partial charge in [-0.1, -0.05) is 17.7 Å². The molecule has 10 heteroatoms. The van der Waals surface area contributed by atoms with E-state index in [2.05, 4.69) is 25.9 Å². The lowest BCUT2D eigenvalue weighted by Crippen LogP contribution is -2.47. The molecule has 3 aromatic rings. The van der Waals surface area contributed by atoms with Crippen LogP contribution in [0.1, 0.15) is 53.8 Å². The number of carbonyl (C=O) groups is 3. The van der Waals surface area contributed by atoms with Crippen LogP contribution in [0, 0.1) is 6.92 Å². The fourth-order valence-corrected chi connectivity index (χ4v) is 4.21. The Bertz CT molecular complexity index is 1260. The lowest BCUT2D eigenvalue weighted by atomic mass is 10.1. The summed E-state index contributed by atoms with van der Waals surface area (Å²) in [5, 5.41) is 8.83. The summed E-state index contributed by atoms with van der Waals surface area (Å²) in [4.78, 5) is 46.3. The van der Waals surface area contributed by atoms with Crippen molar-refractivity contribution >= 4 is 40.4 Å². The third-order valence-corrected chi connectivity index (χ3v) is 6.22. The van der Waals surface area contributed by atoms with Crippen LogP contribution >= 0.6 is 11.6 Å². The van der Waals surface area contributed by atoms with Crippen molar-refractivity contribution in [2.75, 3.05) is 13.2 Å². The molecule has 0 saturated heterocycles. The van der Waals surface area contributed by atoms with Gasteiger partial charge in [0.2, 0.25) is 11.8 Å². The van der Waals surface area contributed by atoms with Gasteiger partial charge in [-0.05, 0) is 68.5 Å². The third kappa shape index (κ3) is 6.75. The minimum atomic E-state index is -0.938. The molecule has 9 nitrogen and oxygen atoms in total. The normalized spacial score (nSPS) is 17.7. The maximum atomic E-state index is 13.2. The summed E-state index contributed by atoms with van der Waals surface area (Å²) in [5.74, 6) is -0.0820. The average Bonchev–Trinajstić information content (AvgIpc) is 3.26. The summed E-state index contributed by atoms with van der Waals surface area (Å²) in [6.07, 6.45) is 2.72. The minimum Gasteiger partial charge on any atom is -0.493 e. The number of amides is 3. The summed E-state index contributed by atoms with van der Waals surface area (Å²) in [5.41, 5.74) is 3.03. The molecule has 36 heavy (non-hydrogen) atoms. The zero-order valence-corrected chi connectivity index (χ0v) is 20.9. The number of imidazole rings is 1. The number of benzene rings is 2. The molecule has 2 heterocycles. The van der Waals surface area contributed by atoms with E-state index in [-0.39, 0.29) is 30.9 Å². The van der Waals surface area contributed by atoms with Crippen LogP contribution in [0.3, 0.4) is 0 Å². The molecular weight excluding hydrogens is 482 g/mol. The highest BCUT2D eigenvalue weighted by Crippen LogP contribution is 2.24. The van der Waals surface area contributed by atoms with Gasteiger partial charge in [-0.25, -0.2) is 4.98 Å². The van der Waals surface area contributed by atoms with E-state index >= 15 is 0 Å². The third-order valence-electron chi connectivity index (χ3n) is 5.99. The second kappa shape index (κ2) is 11.9. The van der Waals surface area contributed by atoms with Gasteiger partial charge in [-0.15, -0.1) is 0 Å². The molecule has 0 unspecified atom stereocenters. The zero-order chi connectivity index (χ0) is 25.5. The summed E-state index contributed by atoms with van der Waals surface area (Å²) >= 11 is 6.14. The first kappa shape index (κ1) is 25.5. The molecule has 0 radical (unpaired) electrons. The molecule has 4 rings (SSSR count).